The maximum absolute atomic E-state index is 8.76. The Kier molecular flexibility index (Phi) is 5.67. The van der Waals surface area contributed by atoms with Crippen molar-refractivity contribution in [3.05, 3.63) is 30.3 Å². The molecule has 1 aromatic rings. The Morgan fingerprint density at radius 3 is 2.47 bits per heavy atom. The summed E-state index contributed by atoms with van der Waals surface area (Å²) in [5.74, 6) is 0.301. The van der Waals surface area contributed by atoms with Gasteiger partial charge in [-0.1, -0.05) is 37.2 Å². The van der Waals surface area contributed by atoms with Crippen molar-refractivity contribution in [3.63, 3.8) is 0 Å². The van der Waals surface area contributed by atoms with Crippen LogP contribution in [0.1, 0.15) is 33.6 Å². The van der Waals surface area contributed by atoms with Crippen LogP contribution in [0.5, 0.6) is 0 Å². The standard InChI is InChI=1S/C15H25N3O/c1-4-18(13-9-6-5-7-10-13)12-8-11-15(2,3)14(16)17-19/h5-7,9-10,19H,4,8,11-12H2,1-3H3,(H2,16,17). The van der Waals surface area contributed by atoms with Gasteiger partial charge < -0.3 is 15.8 Å². The van der Waals surface area contributed by atoms with Crippen LogP contribution >= 0.6 is 0 Å². The van der Waals surface area contributed by atoms with Gasteiger partial charge in [-0.3, -0.25) is 0 Å². The highest BCUT2D eigenvalue weighted by molar-refractivity contribution is 5.85. The predicted molar refractivity (Wildman–Crippen MR) is 80.8 cm³/mol. The number of nitrogens with two attached hydrogens (primary N) is 1. The van der Waals surface area contributed by atoms with Crippen LogP contribution in [0, 0.1) is 5.41 Å². The zero-order valence-electron chi connectivity index (χ0n) is 12.1. The van der Waals surface area contributed by atoms with E-state index in [1.165, 1.54) is 5.69 Å². The summed E-state index contributed by atoms with van der Waals surface area (Å²) in [6.07, 6.45) is 1.90. The van der Waals surface area contributed by atoms with E-state index in [9.17, 15) is 0 Å². The Bertz CT molecular complexity index is 401. The van der Waals surface area contributed by atoms with Crippen molar-refractivity contribution in [1.82, 2.24) is 0 Å². The van der Waals surface area contributed by atoms with E-state index in [0.717, 1.165) is 25.9 Å². The maximum atomic E-state index is 8.76. The Morgan fingerprint density at radius 2 is 1.95 bits per heavy atom. The fourth-order valence-corrected chi connectivity index (χ4v) is 2.08. The Balaban J connectivity index is 2.52. The molecule has 0 aromatic heterocycles. The third-order valence-electron chi connectivity index (χ3n) is 3.53. The van der Waals surface area contributed by atoms with E-state index in [1.54, 1.807) is 0 Å². The molecule has 4 nitrogen and oxygen atoms in total. The summed E-state index contributed by atoms with van der Waals surface area (Å²) in [4.78, 5) is 2.34. The van der Waals surface area contributed by atoms with Crippen LogP contribution < -0.4 is 10.6 Å². The molecule has 1 aromatic carbocycles. The molecule has 0 fully saturated rings. The van der Waals surface area contributed by atoms with Gasteiger partial charge in [0.05, 0.1) is 0 Å². The van der Waals surface area contributed by atoms with Crippen LogP contribution in [0.15, 0.2) is 35.5 Å². The van der Waals surface area contributed by atoms with E-state index in [-0.39, 0.29) is 5.41 Å². The summed E-state index contributed by atoms with van der Waals surface area (Å²) in [5, 5.41) is 11.9. The van der Waals surface area contributed by atoms with Crippen molar-refractivity contribution in [2.45, 2.75) is 33.6 Å². The minimum Gasteiger partial charge on any atom is -0.409 e. The first-order valence-corrected chi connectivity index (χ1v) is 6.79. The molecule has 19 heavy (non-hydrogen) atoms. The summed E-state index contributed by atoms with van der Waals surface area (Å²) in [7, 11) is 0. The molecule has 0 spiro atoms. The molecule has 3 N–H and O–H groups in total. The average Bonchev–Trinajstić information content (AvgIpc) is 2.43. The van der Waals surface area contributed by atoms with Crippen molar-refractivity contribution in [2.75, 3.05) is 18.0 Å². The van der Waals surface area contributed by atoms with Crippen LogP contribution in [0.25, 0.3) is 0 Å². The molecule has 1 rings (SSSR count). The molecule has 0 saturated carbocycles. The zero-order valence-corrected chi connectivity index (χ0v) is 12.1. The van der Waals surface area contributed by atoms with E-state index < -0.39 is 0 Å². The second-order valence-electron chi connectivity index (χ2n) is 5.39. The second kappa shape index (κ2) is 7.02. The molecular formula is C15H25N3O. The normalized spacial score (nSPS) is 12.5. The molecule has 0 saturated heterocycles. The lowest BCUT2D eigenvalue weighted by Gasteiger charge is -2.27. The molecule has 0 bridgehead atoms. The molecule has 4 heteroatoms. The lowest BCUT2D eigenvalue weighted by atomic mass is 9.86. The van der Waals surface area contributed by atoms with Gasteiger partial charge in [-0.15, -0.1) is 0 Å². The molecule has 0 heterocycles. The monoisotopic (exact) mass is 263 g/mol. The largest absolute Gasteiger partial charge is 0.409 e. The molecule has 0 unspecified atom stereocenters. The number of hydrogen-bond donors (Lipinski definition) is 2. The van der Waals surface area contributed by atoms with Gasteiger partial charge in [0.25, 0.3) is 0 Å². The Hall–Kier alpha value is -1.71. The number of nitrogens with zero attached hydrogens (tertiary/aromatic N) is 2. The molecule has 0 amide bonds. The molecule has 0 aliphatic rings. The molecule has 0 atom stereocenters. The molecule has 0 aliphatic carbocycles. The maximum Gasteiger partial charge on any atom is 0.144 e. The smallest absolute Gasteiger partial charge is 0.144 e. The number of hydrogen-bond acceptors (Lipinski definition) is 3. The Labute approximate surface area is 115 Å². The first kappa shape index (κ1) is 15.3. The summed E-state index contributed by atoms with van der Waals surface area (Å²) in [5.41, 5.74) is 6.68. The lowest BCUT2D eigenvalue weighted by molar-refractivity contribution is 0.304. The van der Waals surface area contributed by atoms with Gasteiger partial charge in [0.2, 0.25) is 0 Å². The van der Waals surface area contributed by atoms with Crippen molar-refractivity contribution in [1.29, 1.82) is 0 Å². The second-order valence-corrected chi connectivity index (χ2v) is 5.39. The van der Waals surface area contributed by atoms with Gasteiger partial charge in [-0.25, -0.2) is 0 Å². The van der Waals surface area contributed by atoms with E-state index in [4.69, 9.17) is 10.9 Å². The quantitative estimate of drug-likeness (QED) is 0.344. The molecule has 106 valence electrons. The fourth-order valence-electron chi connectivity index (χ4n) is 2.08. The van der Waals surface area contributed by atoms with Gasteiger partial charge in [0.15, 0.2) is 0 Å². The number of amidine groups is 1. The topological polar surface area (TPSA) is 61.8 Å². The number of benzene rings is 1. The average molecular weight is 263 g/mol. The Morgan fingerprint density at radius 1 is 1.32 bits per heavy atom. The lowest BCUT2D eigenvalue weighted by Crippen LogP contribution is -2.33. The van der Waals surface area contributed by atoms with Gasteiger partial charge >= 0.3 is 0 Å². The molecule has 0 aliphatic heterocycles. The third-order valence-corrected chi connectivity index (χ3v) is 3.53. The highest BCUT2D eigenvalue weighted by Crippen LogP contribution is 2.23. The van der Waals surface area contributed by atoms with Crippen LogP contribution in [-0.4, -0.2) is 24.1 Å². The highest BCUT2D eigenvalue weighted by Gasteiger charge is 2.23. The van der Waals surface area contributed by atoms with Gasteiger partial charge in [0, 0.05) is 24.2 Å². The van der Waals surface area contributed by atoms with Gasteiger partial charge in [-0.05, 0) is 31.9 Å². The predicted octanol–water partition coefficient (Wildman–Crippen LogP) is 3.07. The van der Waals surface area contributed by atoms with Crippen molar-refractivity contribution < 1.29 is 5.21 Å². The SMILES string of the molecule is CCN(CCCC(C)(C)C(N)=NO)c1ccccc1. The first-order valence-electron chi connectivity index (χ1n) is 6.79. The number of oxime groups is 1. The van der Waals surface area contributed by atoms with Crippen LogP contribution in [0.2, 0.25) is 0 Å². The number of para-hydroxylation sites is 1. The fraction of sp³-hybridized carbons (Fsp3) is 0.533. The van der Waals surface area contributed by atoms with Gasteiger partial charge in [0.1, 0.15) is 5.84 Å². The van der Waals surface area contributed by atoms with Crippen molar-refractivity contribution >= 4 is 11.5 Å². The summed E-state index contributed by atoms with van der Waals surface area (Å²) in [6, 6.07) is 10.4. The summed E-state index contributed by atoms with van der Waals surface area (Å²) < 4.78 is 0. The van der Waals surface area contributed by atoms with Gasteiger partial charge in [-0.2, -0.15) is 0 Å². The summed E-state index contributed by atoms with van der Waals surface area (Å²) in [6.45, 7) is 8.11. The van der Waals surface area contributed by atoms with E-state index in [2.05, 4.69) is 41.2 Å². The number of anilines is 1. The van der Waals surface area contributed by atoms with E-state index >= 15 is 0 Å². The number of rotatable bonds is 7. The van der Waals surface area contributed by atoms with Crippen LogP contribution in [0.3, 0.4) is 0 Å². The van der Waals surface area contributed by atoms with E-state index in [1.807, 2.05) is 19.9 Å². The van der Waals surface area contributed by atoms with E-state index in [0.29, 0.717) is 5.84 Å². The third kappa shape index (κ3) is 4.47. The van der Waals surface area contributed by atoms with Crippen molar-refractivity contribution in [2.24, 2.45) is 16.3 Å². The van der Waals surface area contributed by atoms with Crippen LogP contribution in [-0.2, 0) is 0 Å². The summed E-state index contributed by atoms with van der Waals surface area (Å²) >= 11 is 0. The minimum absolute atomic E-state index is 0.259. The van der Waals surface area contributed by atoms with Crippen LogP contribution in [0.4, 0.5) is 5.69 Å². The first-order chi connectivity index (χ1) is 9.01. The molecular weight excluding hydrogens is 238 g/mol. The zero-order chi connectivity index (χ0) is 14.3. The minimum atomic E-state index is -0.259. The molecule has 0 radical (unpaired) electrons. The highest BCUT2D eigenvalue weighted by atomic mass is 16.4. The van der Waals surface area contributed by atoms with Crippen molar-refractivity contribution in [3.8, 4) is 0 Å².